The summed E-state index contributed by atoms with van der Waals surface area (Å²) in [6.45, 7) is 2.40. The lowest BCUT2D eigenvalue weighted by atomic mass is 9.86. The number of carbonyl (C=O) groups is 1. The molecule has 8 heteroatoms. The van der Waals surface area contributed by atoms with E-state index >= 15 is 0 Å². The molecular formula is C23H22ClN3O3S. The zero-order valence-electron chi connectivity index (χ0n) is 17.2. The Hall–Kier alpha value is -2.77. The van der Waals surface area contributed by atoms with E-state index in [1.54, 1.807) is 4.57 Å². The summed E-state index contributed by atoms with van der Waals surface area (Å²) in [6.07, 6.45) is 0.170. The molecule has 4 rings (SSSR count). The molecule has 6 nitrogen and oxygen atoms in total. The standard InChI is InChI=1S/C23H22ClN3O3S/c1-3-30-18-10-5-4-9-16(18)17-12-19(28)25-21-20(17)22(29)26-23(27(21)2)31-13-14-7-6-8-15(24)11-14/h4-11,17H,3,12-13H2,1-2H3,(H,25,28). The Kier molecular flexibility index (Phi) is 6.34. The molecule has 0 aliphatic carbocycles. The Balaban J connectivity index is 1.73. The molecule has 1 aliphatic rings. The SMILES string of the molecule is CCOc1ccccc1C1CC(=O)Nc2c1c(=O)nc(SCc1cccc(Cl)c1)n2C. The Labute approximate surface area is 189 Å². The number of hydrogen-bond donors (Lipinski definition) is 1. The molecule has 0 saturated carbocycles. The number of halogens is 1. The van der Waals surface area contributed by atoms with Gasteiger partial charge < -0.3 is 14.6 Å². The van der Waals surface area contributed by atoms with Crippen molar-refractivity contribution in [3.8, 4) is 5.75 Å². The van der Waals surface area contributed by atoms with Gasteiger partial charge in [-0.2, -0.15) is 4.98 Å². The van der Waals surface area contributed by atoms with E-state index in [0.717, 1.165) is 11.1 Å². The molecule has 0 saturated heterocycles. The Morgan fingerprint density at radius 1 is 1.23 bits per heavy atom. The lowest BCUT2D eigenvalue weighted by Gasteiger charge is -2.28. The fourth-order valence-corrected chi connectivity index (χ4v) is 4.88. The van der Waals surface area contributed by atoms with Crippen LogP contribution in [0.5, 0.6) is 5.75 Å². The van der Waals surface area contributed by atoms with Crippen molar-refractivity contribution in [3.63, 3.8) is 0 Å². The summed E-state index contributed by atoms with van der Waals surface area (Å²) in [5, 5.41) is 4.07. The molecule has 1 unspecified atom stereocenters. The summed E-state index contributed by atoms with van der Waals surface area (Å²) < 4.78 is 7.53. The predicted octanol–water partition coefficient (Wildman–Crippen LogP) is 4.60. The van der Waals surface area contributed by atoms with Gasteiger partial charge in [0, 0.05) is 35.7 Å². The summed E-state index contributed by atoms with van der Waals surface area (Å²) >= 11 is 7.49. The van der Waals surface area contributed by atoms with Gasteiger partial charge in [0.1, 0.15) is 11.6 Å². The third-order valence-electron chi connectivity index (χ3n) is 5.15. The number of para-hydroxylation sites is 1. The molecule has 2 aromatic carbocycles. The first-order chi connectivity index (χ1) is 15.0. The van der Waals surface area contributed by atoms with Crippen molar-refractivity contribution in [2.24, 2.45) is 7.05 Å². The number of hydrogen-bond acceptors (Lipinski definition) is 5. The van der Waals surface area contributed by atoms with E-state index in [9.17, 15) is 9.59 Å². The smallest absolute Gasteiger partial charge is 0.279 e. The van der Waals surface area contributed by atoms with Crippen molar-refractivity contribution >= 4 is 35.1 Å². The monoisotopic (exact) mass is 455 g/mol. The number of ether oxygens (including phenoxy) is 1. The average Bonchev–Trinajstić information content (AvgIpc) is 2.75. The third kappa shape index (κ3) is 4.48. The molecule has 1 amide bonds. The largest absolute Gasteiger partial charge is 0.494 e. The van der Waals surface area contributed by atoms with Gasteiger partial charge in [-0.05, 0) is 30.7 Å². The molecular weight excluding hydrogens is 434 g/mol. The Morgan fingerprint density at radius 2 is 2.03 bits per heavy atom. The zero-order chi connectivity index (χ0) is 22.0. The molecule has 0 fully saturated rings. The van der Waals surface area contributed by atoms with Crippen molar-refractivity contribution < 1.29 is 9.53 Å². The molecule has 160 valence electrons. The van der Waals surface area contributed by atoms with Crippen LogP contribution >= 0.6 is 23.4 Å². The van der Waals surface area contributed by atoms with Gasteiger partial charge in [-0.3, -0.25) is 9.59 Å². The lowest BCUT2D eigenvalue weighted by molar-refractivity contribution is -0.116. The summed E-state index contributed by atoms with van der Waals surface area (Å²) in [5.74, 6) is 1.21. The fourth-order valence-electron chi connectivity index (χ4n) is 3.76. The van der Waals surface area contributed by atoms with Crippen LogP contribution < -0.4 is 15.6 Å². The van der Waals surface area contributed by atoms with Crippen LogP contribution in [0.3, 0.4) is 0 Å². The topological polar surface area (TPSA) is 73.2 Å². The Bertz CT molecular complexity index is 1190. The quantitative estimate of drug-likeness (QED) is 0.434. The normalized spacial score (nSPS) is 15.3. The molecule has 0 radical (unpaired) electrons. The van der Waals surface area contributed by atoms with Gasteiger partial charge in [0.2, 0.25) is 5.91 Å². The minimum atomic E-state index is -0.412. The number of nitrogens with zero attached hydrogens (tertiary/aromatic N) is 2. The summed E-state index contributed by atoms with van der Waals surface area (Å²) in [6, 6.07) is 15.1. The van der Waals surface area contributed by atoms with Crippen LogP contribution in [0.15, 0.2) is 58.5 Å². The average molecular weight is 456 g/mol. The second kappa shape index (κ2) is 9.16. The number of nitrogens with one attached hydrogen (secondary N) is 1. The maximum atomic E-state index is 13.1. The van der Waals surface area contributed by atoms with Gasteiger partial charge >= 0.3 is 0 Å². The van der Waals surface area contributed by atoms with Crippen LogP contribution in [0.4, 0.5) is 5.82 Å². The molecule has 2 heterocycles. The van der Waals surface area contributed by atoms with Gasteiger partial charge in [0.05, 0.1) is 12.2 Å². The van der Waals surface area contributed by atoms with Crippen LogP contribution in [-0.4, -0.2) is 22.1 Å². The summed E-state index contributed by atoms with van der Waals surface area (Å²) in [4.78, 5) is 30.0. The zero-order valence-corrected chi connectivity index (χ0v) is 18.8. The first kappa shape index (κ1) is 21.5. The summed E-state index contributed by atoms with van der Waals surface area (Å²) in [7, 11) is 1.81. The van der Waals surface area contributed by atoms with E-state index in [1.165, 1.54) is 11.8 Å². The van der Waals surface area contributed by atoms with E-state index in [-0.39, 0.29) is 17.9 Å². The maximum absolute atomic E-state index is 13.1. The van der Waals surface area contributed by atoms with Crippen LogP contribution in [0, 0.1) is 0 Å². The highest BCUT2D eigenvalue weighted by Crippen LogP contribution is 2.39. The van der Waals surface area contributed by atoms with Crippen molar-refractivity contribution in [1.82, 2.24) is 9.55 Å². The van der Waals surface area contributed by atoms with Gasteiger partial charge in [-0.15, -0.1) is 0 Å². The van der Waals surface area contributed by atoms with Crippen molar-refractivity contribution in [1.29, 1.82) is 0 Å². The second-order valence-corrected chi connectivity index (χ2v) is 8.59. The highest BCUT2D eigenvalue weighted by molar-refractivity contribution is 7.98. The first-order valence-corrected chi connectivity index (χ1v) is 11.3. The minimum absolute atomic E-state index is 0.143. The second-order valence-electron chi connectivity index (χ2n) is 7.22. The number of amides is 1. The van der Waals surface area contributed by atoms with E-state index in [4.69, 9.17) is 16.3 Å². The van der Waals surface area contributed by atoms with E-state index in [0.29, 0.717) is 39.7 Å². The van der Waals surface area contributed by atoms with Gasteiger partial charge in [-0.25, -0.2) is 0 Å². The number of carbonyl (C=O) groups excluding carboxylic acids is 1. The fraction of sp³-hybridized carbons (Fsp3) is 0.261. The predicted molar refractivity (Wildman–Crippen MR) is 123 cm³/mol. The number of thioether (sulfide) groups is 1. The van der Waals surface area contributed by atoms with Crippen molar-refractivity contribution in [3.05, 3.63) is 80.6 Å². The van der Waals surface area contributed by atoms with E-state index < -0.39 is 5.92 Å². The molecule has 0 spiro atoms. The molecule has 1 aliphatic heterocycles. The molecule has 1 atom stereocenters. The molecule has 0 bridgehead atoms. The van der Waals surface area contributed by atoms with Gasteiger partial charge in [0.25, 0.3) is 5.56 Å². The third-order valence-corrected chi connectivity index (χ3v) is 6.49. The number of anilines is 1. The van der Waals surface area contributed by atoms with Crippen LogP contribution in [0.25, 0.3) is 0 Å². The lowest BCUT2D eigenvalue weighted by Crippen LogP contribution is -2.33. The number of aromatic nitrogens is 2. The van der Waals surface area contributed by atoms with Crippen LogP contribution in [0.2, 0.25) is 5.02 Å². The van der Waals surface area contributed by atoms with Crippen LogP contribution in [-0.2, 0) is 17.6 Å². The van der Waals surface area contributed by atoms with E-state index in [1.807, 2.05) is 62.5 Å². The molecule has 3 aromatic rings. The van der Waals surface area contributed by atoms with Crippen LogP contribution in [0.1, 0.15) is 36.0 Å². The Morgan fingerprint density at radius 3 is 2.81 bits per heavy atom. The van der Waals surface area contributed by atoms with E-state index in [2.05, 4.69) is 10.3 Å². The molecule has 1 N–H and O–H groups in total. The highest BCUT2D eigenvalue weighted by atomic mass is 35.5. The number of fused-ring (bicyclic) bond motifs is 1. The molecule has 31 heavy (non-hydrogen) atoms. The highest BCUT2D eigenvalue weighted by Gasteiger charge is 2.33. The van der Waals surface area contributed by atoms with Crippen molar-refractivity contribution in [2.45, 2.75) is 30.2 Å². The minimum Gasteiger partial charge on any atom is -0.494 e. The van der Waals surface area contributed by atoms with Gasteiger partial charge in [-0.1, -0.05) is 53.7 Å². The number of benzene rings is 2. The number of rotatable bonds is 6. The summed E-state index contributed by atoms with van der Waals surface area (Å²) in [5.41, 5.74) is 2.00. The first-order valence-electron chi connectivity index (χ1n) is 9.97. The van der Waals surface area contributed by atoms with Gasteiger partial charge in [0.15, 0.2) is 5.16 Å². The maximum Gasteiger partial charge on any atom is 0.279 e. The molecule has 1 aromatic heterocycles. The van der Waals surface area contributed by atoms with Crippen molar-refractivity contribution in [2.75, 3.05) is 11.9 Å².